The lowest BCUT2D eigenvalue weighted by atomic mass is 9.86. The number of benzene rings is 2. The van der Waals surface area contributed by atoms with Gasteiger partial charge in [0.15, 0.2) is 11.5 Å². The highest BCUT2D eigenvalue weighted by Crippen LogP contribution is 2.42. The third kappa shape index (κ3) is 6.49. The van der Waals surface area contributed by atoms with Crippen LogP contribution in [0.4, 0.5) is 0 Å². The third-order valence-corrected chi connectivity index (χ3v) is 6.80. The van der Waals surface area contributed by atoms with Crippen LogP contribution in [0.3, 0.4) is 0 Å². The normalized spacial score (nSPS) is 18.2. The van der Waals surface area contributed by atoms with E-state index in [0.717, 1.165) is 22.4 Å². The highest BCUT2D eigenvalue weighted by atomic mass is 35.5. The maximum Gasteiger partial charge on any atom is 0.321 e. The number of carbonyl (C=O) groups is 1. The molecule has 3 rings (SSSR count). The van der Waals surface area contributed by atoms with E-state index in [1.807, 2.05) is 26.0 Å². The van der Waals surface area contributed by atoms with Crippen molar-refractivity contribution in [3.05, 3.63) is 52.0 Å². The lowest BCUT2D eigenvalue weighted by molar-refractivity contribution is -0.138. The van der Waals surface area contributed by atoms with Gasteiger partial charge < -0.3 is 19.3 Å². The van der Waals surface area contributed by atoms with Gasteiger partial charge in [0.2, 0.25) is 0 Å². The van der Waals surface area contributed by atoms with Crippen LogP contribution < -0.4 is 19.5 Å². The minimum absolute atomic E-state index is 0.0307. The average Bonchev–Trinajstić information content (AvgIpc) is 3.22. The van der Waals surface area contributed by atoms with Crippen LogP contribution in [0.2, 0.25) is 5.02 Å². The summed E-state index contributed by atoms with van der Waals surface area (Å²) in [5.74, 6) is 1.49. The summed E-state index contributed by atoms with van der Waals surface area (Å²) in [6.45, 7) is 11.5. The van der Waals surface area contributed by atoms with Gasteiger partial charge in [-0.15, -0.1) is 11.8 Å². The molecule has 6 nitrogen and oxygen atoms in total. The zero-order valence-electron chi connectivity index (χ0n) is 19.7. The van der Waals surface area contributed by atoms with E-state index in [-0.39, 0.29) is 10.8 Å². The second-order valence-electron chi connectivity index (χ2n) is 8.98. The molecule has 1 fully saturated rings. The topological polar surface area (TPSA) is 77.0 Å². The van der Waals surface area contributed by atoms with Crippen LogP contribution in [-0.2, 0) is 10.2 Å². The molecular formula is C25H32ClNO5S. The van der Waals surface area contributed by atoms with Crippen molar-refractivity contribution < 1.29 is 24.1 Å². The minimum Gasteiger partial charge on any atom is -0.490 e. The summed E-state index contributed by atoms with van der Waals surface area (Å²) in [7, 11) is 0. The van der Waals surface area contributed by atoms with E-state index in [1.54, 1.807) is 6.07 Å². The number of carboxylic acid groups (broad SMARTS) is 1. The van der Waals surface area contributed by atoms with Crippen LogP contribution in [0.15, 0.2) is 30.3 Å². The molecule has 1 heterocycles. The van der Waals surface area contributed by atoms with Crippen molar-refractivity contribution in [1.29, 1.82) is 0 Å². The molecule has 180 valence electrons. The number of carboxylic acids is 1. The molecule has 1 aliphatic heterocycles. The Hall–Kier alpha value is -2.09. The molecule has 0 saturated carbocycles. The summed E-state index contributed by atoms with van der Waals surface area (Å²) < 4.78 is 17.8. The van der Waals surface area contributed by atoms with E-state index < -0.39 is 12.0 Å². The number of hydrogen-bond donors (Lipinski definition) is 2. The van der Waals surface area contributed by atoms with Gasteiger partial charge in [0.1, 0.15) is 25.0 Å². The molecule has 2 N–H and O–H groups in total. The van der Waals surface area contributed by atoms with Crippen LogP contribution in [0.1, 0.15) is 49.8 Å². The smallest absolute Gasteiger partial charge is 0.321 e. The first-order valence-corrected chi connectivity index (χ1v) is 12.5. The maximum atomic E-state index is 11.3. The van der Waals surface area contributed by atoms with Gasteiger partial charge in [-0.05, 0) is 54.2 Å². The Morgan fingerprint density at radius 1 is 1.15 bits per heavy atom. The monoisotopic (exact) mass is 493 g/mol. The van der Waals surface area contributed by atoms with Gasteiger partial charge in [0, 0.05) is 5.75 Å². The quantitative estimate of drug-likeness (QED) is 0.441. The number of ether oxygens (including phenoxy) is 3. The standard InChI is InChI=1S/C25H32ClNO5S/c1-6-30-21-13-16(23-27-19(14-33-23)24(28)29)12-18(26)22(21)32-10-9-31-20-11-15(2)7-8-17(20)25(3,4)5/h7-8,11-13,19,23,27H,6,9-10,14H2,1-5H3,(H,28,29). The number of halogens is 1. The molecule has 1 aliphatic rings. The Kier molecular flexibility index (Phi) is 8.43. The molecule has 33 heavy (non-hydrogen) atoms. The number of thioether (sulfide) groups is 1. The maximum absolute atomic E-state index is 11.3. The fourth-order valence-electron chi connectivity index (χ4n) is 3.61. The van der Waals surface area contributed by atoms with Crippen LogP contribution in [0.25, 0.3) is 0 Å². The highest BCUT2D eigenvalue weighted by Gasteiger charge is 2.31. The summed E-state index contributed by atoms with van der Waals surface area (Å²) in [5, 5.41) is 12.6. The largest absolute Gasteiger partial charge is 0.490 e. The summed E-state index contributed by atoms with van der Waals surface area (Å²) in [6.07, 6.45) is 0. The molecule has 2 aromatic carbocycles. The number of rotatable bonds is 9. The Morgan fingerprint density at radius 2 is 1.88 bits per heavy atom. The molecule has 2 atom stereocenters. The van der Waals surface area contributed by atoms with E-state index >= 15 is 0 Å². The molecule has 2 unspecified atom stereocenters. The number of nitrogens with one attached hydrogen (secondary N) is 1. The number of hydrogen-bond acceptors (Lipinski definition) is 6. The van der Waals surface area contributed by atoms with Crippen molar-refractivity contribution in [2.24, 2.45) is 0 Å². The first-order valence-electron chi connectivity index (χ1n) is 11.0. The van der Waals surface area contributed by atoms with Gasteiger partial charge in [-0.3, -0.25) is 10.1 Å². The second kappa shape index (κ2) is 10.9. The third-order valence-electron chi connectivity index (χ3n) is 5.25. The van der Waals surface area contributed by atoms with Gasteiger partial charge in [-0.1, -0.05) is 44.5 Å². The summed E-state index contributed by atoms with van der Waals surface area (Å²) >= 11 is 8.08. The van der Waals surface area contributed by atoms with Gasteiger partial charge in [0.25, 0.3) is 0 Å². The average molecular weight is 494 g/mol. The molecule has 0 bridgehead atoms. The summed E-state index contributed by atoms with van der Waals surface area (Å²) in [6, 6.07) is 9.33. The molecule has 8 heteroatoms. The molecule has 0 spiro atoms. The molecule has 2 aromatic rings. The molecular weight excluding hydrogens is 462 g/mol. The Bertz CT molecular complexity index is 991. The van der Waals surface area contributed by atoms with E-state index in [0.29, 0.717) is 42.1 Å². The van der Waals surface area contributed by atoms with E-state index in [9.17, 15) is 9.90 Å². The van der Waals surface area contributed by atoms with Crippen molar-refractivity contribution in [3.8, 4) is 17.2 Å². The van der Waals surface area contributed by atoms with Gasteiger partial charge >= 0.3 is 5.97 Å². The second-order valence-corrected chi connectivity index (χ2v) is 10.5. The molecule has 0 aromatic heterocycles. The molecule has 0 radical (unpaired) electrons. The molecule has 0 aliphatic carbocycles. The van der Waals surface area contributed by atoms with Crippen molar-refractivity contribution in [3.63, 3.8) is 0 Å². The van der Waals surface area contributed by atoms with Crippen molar-refractivity contribution in [2.75, 3.05) is 25.6 Å². The zero-order valence-corrected chi connectivity index (χ0v) is 21.3. The molecule has 1 saturated heterocycles. The predicted octanol–water partition coefficient (Wildman–Crippen LogP) is 5.59. The van der Waals surface area contributed by atoms with Crippen molar-refractivity contribution in [2.45, 2.75) is 51.4 Å². The van der Waals surface area contributed by atoms with Crippen LogP contribution >= 0.6 is 23.4 Å². The lowest BCUT2D eigenvalue weighted by Crippen LogP contribution is -2.33. The minimum atomic E-state index is -0.857. The summed E-state index contributed by atoms with van der Waals surface area (Å²) in [4.78, 5) is 11.3. The van der Waals surface area contributed by atoms with Crippen LogP contribution in [0, 0.1) is 6.92 Å². The first-order chi connectivity index (χ1) is 15.6. The van der Waals surface area contributed by atoms with Gasteiger partial charge in [-0.2, -0.15) is 0 Å². The van der Waals surface area contributed by atoms with Crippen molar-refractivity contribution >= 4 is 29.3 Å². The Morgan fingerprint density at radius 3 is 2.52 bits per heavy atom. The first kappa shape index (κ1) is 25.5. The number of aryl methyl sites for hydroxylation is 1. The fourth-order valence-corrected chi connectivity index (χ4v) is 5.10. The van der Waals surface area contributed by atoms with Gasteiger partial charge in [-0.25, -0.2) is 0 Å². The lowest BCUT2D eigenvalue weighted by Gasteiger charge is -2.23. The van der Waals surface area contributed by atoms with Gasteiger partial charge in [0.05, 0.1) is 17.0 Å². The molecule has 0 amide bonds. The predicted molar refractivity (Wildman–Crippen MR) is 133 cm³/mol. The fraction of sp³-hybridized carbons (Fsp3) is 0.480. The van der Waals surface area contributed by atoms with E-state index in [1.165, 1.54) is 11.8 Å². The van der Waals surface area contributed by atoms with Crippen molar-refractivity contribution in [1.82, 2.24) is 5.32 Å². The Balaban J connectivity index is 1.69. The zero-order chi connectivity index (χ0) is 24.2. The van der Waals surface area contributed by atoms with Crippen LogP contribution in [0.5, 0.6) is 17.2 Å². The SMILES string of the molecule is CCOc1cc(C2NC(C(=O)O)CS2)cc(Cl)c1OCCOc1cc(C)ccc1C(C)(C)C. The highest BCUT2D eigenvalue weighted by molar-refractivity contribution is 7.99. The van der Waals surface area contributed by atoms with E-state index in [2.05, 4.69) is 38.2 Å². The number of aliphatic carboxylic acids is 1. The summed E-state index contributed by atoms with van der Waals surface area (Å²) in [5.41, 5.74) is 3.11. The van der Waals surface area contributed by atoms with E-state index in [4.69, 9.17) is 25.8 Å². The van der Waals surface area contributed by atoms with Crippen LogP contribution in [-0.4, -0.2) is 42.7 Å². The Labute approximate surface area is 204 Å².